The lowest BCUT2D eigenvalue weighted by molar-refractivity contribution is -0.132. The summed E-state index contributed by atoms with van der Waals surface area (Å²) in [6, 6.07) is 8.77. The molecule has 1 atom stereocenters. The number of amides is 1. The van der Waals surface area contributed by atoms with E-state index in [-0.39, 0.29) is 27.3 Å². The third kappa shape index (κ3) is 7.14. The molecule has 1 amide bonds. The molecule has 2 N–H and O–H groups in total. The molecule has 0 saturated carbocycles. The van der Waals surface area contributed by atoms with Crippen LogP contribution >= 0.6 is 34.5 Å². The maximum Gasteiger partial charge on any atom is 0.331 e. The lowest BCUT2D eigenvalue weighted by atomic mass is 9.99. The number of aromatic nitrogens is 1. The summed E-state index contributed by atoms with van der Waals surface area (Å²) in [7, 11) is 1.63. The van der Waals surface area contributed by atoms with E-state index in [1.54, 1.807) is 7.11 Å². The number of anilines is 1. The summed E-state index contributed by atoms with van der Waals surface area (Å²) in [5.41, 5.74) is 3.05. The molecular formula is C28H30Cl2N2O5S. The molecule has 0 aliphatic carbocycles. The van der Waals surface area contributed by atoms with Gasteiger partial charge in [0, 0.05) is 39.8 Å². The maximum absolute atomic E-state index is 12.9. The van der Waals surface area contributed by atoms with Crippen LogP contribution in [0.4, 0.5) is 5.13 Å². The highest BCUT2D eigenvalue weighted by Crippen LogP contribution is 2.40. The van der Waals surface area contributed by atoms with Gasteiger partial charge in [-0.15, -0.1) is 11.3 Å². The molecule has 0 bridgehead atoms. The van der Waals surface area contributed by atoms with E-state index < -0.39 is 11.9 Å². The van der Waals surface area contributed by atoms with Crippen LogP contribution in [0.1, 0.15) is 67.6 Å². The summed E-state index contributed by atoms with van der Waals surface area (Å²) in [4.78, 5) is 28.7. The van der Waals surface area contributed by atoms with Crippen molar-refractivity contribution in [3.05, 3.63) is 68.0 Å². The molecule has 3 rings (SSSR count). The van der Waals surface area contributed by atoms with Crippen molar-refractivity contribution in [3.8, 4) is 17.0 Å². The van der Waals surface area contributed by atoms with Gasteiger partial charge >= 0.3 is 5.97 Å². The van der Waals surface area contributed by atoms with E-state index in [0.717, 1.165) is 30.4 Å². The van der Waals surface area contributed by atoms with Crippen molar-refractivity contribution in [2.24, 2.45) is 0 Å². The lowest BCUT2D eigenvalue weighted by Crippen LogP contribution is -2.12. The van der Waals surface area contributed by atoms with Crippen LogP contribution < -0.4 is 10.1 Å². The van der Waals surface area contributed by atoms with Crippen molar-refractivity contribution < 1.29 is 24.2 Å². The number of hydrogen-bond acceptors (Lipinski definition) is 6. The standard InChI is InChI=1S/C28H30Cl2N2O5S/c1-5-7-11-24(37-6-2)19-10-8-9-18(25(19)36-4)23-15-38-28(31-23)32-26(33)17-13-21(29)20(22(30)14-17)12-16(3)27(34)35/h8-10,12-15,24H,5-7,11H2,1-4H3,(H,34,35)(H,31,32,33)/t24-/m1/s1. The molecular weight excluding hydrogens is 547 g/mol. The fourth-order valence-corrected chi connectivity index (χ4v) is 5.21. The van der Waals surface area contributed by atoms with Gasteiger partial charge in [0.15, 0.2) is 5.13 Å². The number of ether oxygens (including phenoxy) is 2. The summed E-state index contributed by atoms with van der Waals surface area (Å²) >= 11 is 13.9. The second-order valence-electron chi connectivity index (χ2n) is 8.49. The van der Waals surface area contributed by atoms with E-state index in [1.165, 1.54) is 36.5 Å². The number of methoxy groups -OCH3 is 1. The number of nitrogens with zero attached hydrogens (tertiary/aromatic N) is 1. The Morgan fingerprint density at radius 2 is 1.92 bits per heavy atom. The molecule has 2 aromatic carbocycles. The Kier molecular flexibility index (Phi) is 10.7. The van der Waals surface area contributed by atoms with Crippen molar-refractivity contribution in [1.82, 2.24) is 4.98 Å². The molecule has 3 aromatic rings. The maximum atomic E-state index is 12.9. The van der Waals surface area contributed by atoms with E-state index >= 15 is 0 Å². The number of hydrogen-bond donors (Lipinski definition) is 2. The number of carboxylic acid groups (broad SMARTS) is 1. The Morgan fingerprint density at radius 1 is 1.21 bits per heavy atom. The van der Waals surface area contributed by atoms with Crippen LogP contribution in [0.5, 0.6) is 5.75 Å². The molecule has 10 heteroatoms. The lowest BCUT2D eigenvalue weighted by Gasteiger charge is -2.21. The average molecular weight is 578 g/mol. The third-order valence-corrected chi connectivity index (χ3v) is 7.21. The van der Waals surface area contributed by atoms with E-state index in [1.807, 2.05) is 30.5 Å². The number of nitrogens with one attached hydrogen (secondary N) is 1. The summed E-state index contributed by atoms with van der Waals surface area (Å²) < 4.78 is 11.8. The van der Waals surface area contributed by atoms with Gasteiger partial charge < -0.3 is 14.6 Å². The van der Waals surface area contributed by atoms with E-state index in [4.69, 9.17) is 37.8 Å². The number of unbranched alkanes of at least 4 members (excludes halogenated alkanes) is 1. The predicted molar refractivity (Wildman–Crippen MR) is 154 cm³/mol. The number of halogens is 2. The molecule has 0 unspecified atom stereocenters. The third-order valence-electron chi connectivity index (χ3n) is 5.82. The highest BCUT2D eigenvalue weighted by atomic mass is 35.5. The van der Waals surface area contributed by atoms with E-state index in [9.17, 15) is 9.59 Å². The zero-order chi connectivity index (χ0) is 27.8. The number of aliphatic carboxylic acids is 1. The molecule has 7 nitrogen and oxygen atoms in total. The number of carbonyl (C=O) groups excluding carboxylic acids is 1. The molecule has 38 heavy (non-hydrogen) atoms. The first-order valence-corrected chi connectivity index (χ1v) is 13.8. The fraction of sp³-hybridized carbons (Fsp3) is 0.321. The van der Waals surface area contributed by atoms with Crippen LogP contribution in [0, 0.1) is 0 Å². The SMILES string of the molecule is CCCC[C@@H](OCC)c1cccc(-c2csc(NC(=O)c3cc(Cl)c(C=C(C)C(=O)O)c(Cl)c3)n2)c1OC. The molecule has 0 aliphatic heterocycles. The predicted octanol–water partition coefficient (Wildman–Crippen LogP) is 8.13. The van der Waals surface area contributed by atoms with Gasteiger partial charge in [-0.1, -0.05) is 55.1 Å². The van der Waals surface area contributed by atoms with Gasteiger partial charge in [-0.3, -0.25) is 10.1 Å². The van der Waals surface area contributed by atoms with Crippen LogP contribution in [0.25, 0.3) is 17.3 Å². The number of carbonyl (C=O) groups is 2. The highest BCUT2D eigenvalue weighted by molar-refractivity contribution is 7.14. The van der Waals surface area contributed by atoms with Crippen molar-refractivity contribution in [2.75, 3.05) is 19.0 Å². The quantitative estimate of drug-likeness (QED) is 0.211. The first kappa shape index (κ1) is 29.6. The smallest absolute Gasteiger partial charge is 0.331 e. The number of para-hydroxylation sites is 1. The number of rotatable bonds is 12. The monoisotopic (exact) mass is 576 g/mol. The summed E-state index contributed by atoms with van der Waals surface area (Å²) in [6.45, 7) is 6.16. The topological polar surface area (TPSA) is 97.8 Å². The largest absolute Gasteiger partial charge is 0.496 e. The minimum atomic E-state index is -1.09. The van der Waals surface area contributed by atoms with Gasteiger partial charge in [0.2, 0.25) is 0 Å². The molecule has 202 valence electrons. The number of benzene rings is 2. The van der Waals surface area contributed by atoms with Crippen LogP contribution in [-0.2, 0) is 9.53 Å². The Labute approximate surface area is 236 Å². The molecule has 0 radical (unpaired) electrons. The van der Waals surface area contributed by atoms with Gasteiger partial charge in [0.05, 0.1) is 29.0 Å². The first-order valence-electron chi connectivity index (χ1n) is 12.2. The molecule has 0 saturated heterocycles. The second-order valence-corrected chi connectivity index (χ2v) is 10.2. The Balaban J connectivity index is 1.86. The Morgan fingerprint density at radius 3 is 2.53 bits per heavy atom. The summed E-state index contributed by atoms with van der Waals surface area (Å²) in [6.07, 6.45) is 4.27. The molecule has 1 heterocycles. The zero-order valence-corrected chi connectivity index (χ0v) is 24.0. The van der Waals surface area contributed by atoms with E-state index in [2.05, 4.69) is 17.2 Å². The van der Waals surface area contributed by atoms with E-state index in [0.29, 0.717) is 28.7 Å². The molecule has 0 spiro atoms. The molecule has 0 fully saturated rings. The number of carboxylic acids is 1. The van der Waals surface area contributed by atoms with Gasteiger partial charge in [-0.25, -0.2) is 9.78 Å². The van der Waals surface area contributed by atoms with Crippen LogP contribution in [0.3, 0.4) is 0 Å². The number of thiazole rings is 1. The first-order chi connectivity index (χ1) is 18.2. The minimum absolute atomic E-state index is 0.0683. The normalized spacial score (nSPS) is 12.3. The molecule has 0 aliphatic rings. The zero-order valence-electron chi connectivity index (χ0n) is 21.6. The highest BCUT2D eigenvalue weighted by Gasteiger charge is 2.21. The molecule has 1 aromatic heterocycles. The van der Waals surface area contributed by atoms with Crippen LogP contribution in [0.15, 0.2) is 41.3 Å². The summed E-state index contributed by atoms with van der Waals surface area (Å²) in [5, 5.41) is 14.5. The fourth-order valence-electron chi connectivity index (χ4n) is 3.91. The van der Waals surface area contributed by atoms with Crippen molar-refractivity contribution in [1.29, 1.82) is 0 Å². The minimum Gasteiger partial charge on any atom is -0.496 e. The Hall–Kier alpha value is -2.91. The average Bonchev–Trinajstić information content (AvgIpc) is 3.35. The van der Waals surface area contributed by atoms with Crippen LogP contribution in [-0.4, -0.2) is 35.7 Å². The second kappa shape index (κ2) is 13.8. The van der Waals surface area contributed by atoms with Crippen molar-refractivity contribution in [2.45, 2.75) is 46.1 Å². The van der Waals surface area contributed by atoms with Crippen molar-refractivity contribution >= 4 is 57.6 Å². The summed E-state index contributed by atoms with van der Waals surface area (Å²) in [5.74, 6) is -0.837. The van der Waals surface area contributed by atoms with Gasteiger partial charge in [-0.05, 0) is 44.5 Å². The van der Waals surface area contributed by atoms with Gasteiger partial charge in [-0.2, -0.15) is 0 Å². The van der Waals surface area contributed by atoms with Crippen LogP contribution in [0.2, 0.25) is 10.0 Å². The van der Waals surface area contributed by atoms with Gasteiger partial charge in [0.25, 0.3) is 5.91 Å². The Bertz CT molecular complexity index is 1320. The van der Waals surface area contributed by atoms with Crippen molar-refractivity contribution in [3.63, 3.8) is 0 Å². The van der Waals surface area contributed by atoms with Gasteiger partial charge in [0.1, 0.15) is 5.75 Å².